The van der Waals surface area contributed by atoms with Gasteiger partial charge in [0, 0.05) is 34.4 Å². The molecule has 0 saturated carbocycles. The van der Waals surface area contributed by atoms with Gasteiger partial charge in [-0.3, -0.25) is 9.59 Å². The molecular weight excluding hydrogens is 404 g/mol. The molecular formula is C18H19BrN2O3S. The number of rotatable bonds is 5. The minimum Gasteiger partial charge on any atom is -0.376 e. The number of amides is 2. The fourth-order valence-corrected chi connectivity index (χ4v) is 4.16. The predicted molar refractivity (Wildman–Crippen MR) is 102 cm³/mol. The van der Waals surface area contributed by atoms with Crippen molar-refractivity contribution in [3.63, 3.8) is 0 Å². The van der Waals surface area contributed by atoms with Gasteiger partial charge in [0.1, 0.15) is 0 Å². The van der Waals surface area contributed by atoms with Gasteiger partial charge in [0.15, 0.2) is 0 Å². The van der Waals surface area contributed by atoms with Crippen LogP contribution in [0.4, 0.5) is 5.69 Å². The first kappa shape index (κ1) is 18.1. The lowest BCUT2D eigenvalue weighted by Gasteiger charge is -2.10. The van der Waals surface area contributed by atoms with Gasteiger partial charge in [-0.2, -0.15) is 0 Å². The molecule has 0 aliphatic carbocycles. The number of carbonyl (C=O) groups excluding carboxylic acids is 2. The van der Waals surface area contributed by atoms with Crippen LogP contribution in [0.2, 0.25) is 0 Å². The molecule has 2 aromatic rings. The van der Waals surface area contributed by atoms with Crippen LogP contribution in [0.25, 0.3) is 0 Å². The number of ether oxygens (including phenoxy) is 1. The highest BCUT2D eigenvalue weighted by Crippen LogP contribution is 2.26. The normalized spacial score (nSPS) is 13.2. The lowest BCUT2D eigenvalue weighted by atomic mass is 10.2. The minimum absolute atomic E-state index is 0.121. The van der Waals surface area contributed by atoms with E-state index in [2.05, 4.69) is 26.6 Å². The lowest BCUT2D eigenvalue weighted by Crippen LogP contribution is -2.27. The van der Waals surface area contributed by atoms with Crippen molar-refractivity contribution in [2.45, 2.75) is 26.4 Å². The molecule has 2 amide bonds. The van der Waals surface area contributed by atoms with E-state index in [0.29, 0.717) is 24.6 Å². The van der Waals surface area contributed by atoms with E-state index in [1.165, 1.54) is 16.2 Å². The van der Waals surface area contributed by atoms with E-state index < -0.39 is 0 Å². The summed E-state index contributed by atoms with van der Waals surface area (Å²) >= 11 is 4.91. The van der Waals surface area contributed by atoms with Crippen LogP contribution in [0.5, 0.6) is 0 Å². The third-order valence-electron chi connectivity index (χ3n) is 3.95. The van der Waals surface area contributed by atoms with Crippen LogP contribution in [0.3, 0.4) is 0 Å². The summed E-state index contributed by atoms with van der Waals surface area (Å²) in [4.78, 5) is 26.2. The van der Waals surface area contributed by atoms with Crippen molar-refractivity contribution in [2.24, 2.45) is 0 Å². The van der Waals surface area contributed by atoms with E-state index in [-0.39, 0.29) is 18.2 Å². The smallest absolute Gasteiger partial charge is 0.261 e. The van der Waals surface area contributed by atoms with E-state index in [9.17, 15) is 9.59 Å². The first-order valence-electron chi connectivity index (χ1n) is 8.06. The molecule has 2 N–H and O–H groups in total. The van der Waals surface area contributed by atoms with Gasteiger partial charge >= 0.3 is 0 Å². The van der Waals surface area contributed by atoms with Gasteiger partial charge in [0.2, 0.25) is 5.91 Å². The fraction of sp³-hybridized carbons (Fsp3) is 0.333. The Balaban J connectivity index is 1.48. The van der Waals surface area contributed by atoms with Gasteiger partial charge in [-0.05, 0) is 42.3 Å². The van der Waals surface area contributed by atoms with Crippen molar-refractivity contribution in [1.29, 1.82) is 0 Å². The van der Waals surface area contributed by atoms with Gasteiger partial charge in [0.05, 0.1) is 18.1 Å². The number of anilines is 1. The van der Waals surface area contributed by atoms with Crippen molar-refractivity contribution in [3.05, 3.63) is 49.6 Å². The zero-order chi connectivity index (χ0) is 17.8. The Morgan fingerprint density at radius 2 is 2.16 bits per heavy atom. The molecule has 7 heteroatoms. The van der Waals surface area contributed by atoms with Gasteiger partial charge in [-0.1, -0.05) is 15.9 Å². The van der Waals surface area contributed by atoms with Crippen molar-refractivity contribution >= 4 is 44.8 Å². The number of benzene rings is 1. The average Bonchev–Trinajstić information content (AvgIpc) is 3.01. The van der Waals surface area contributed by atoms with Crippen LogP contribution in [0.1, 0.15) is 32.1 Å². The highest BCUT2D eigenvalue weighted by atomic mass is 79.9. The Morgan fingerprint density at radius 1 is 1.32 bits per heavy atom. The number of thiophene rings is 1. The molecule has 5 nitrogen and oxygen atoms in total. The van der Waals surface area contributed by atoms with Crippen molar-refractivity contribution < 1.29 is 14.3 Å². The molecule has 0 atom stereocenters. The Kier molecular flexibility index (Phi) is 5.88. The van der Waals surface area contributed by atoms with Gasteiger partial charge < -0.3 is 15.4 Å². The largest absolute Gasteiger partial charge is 0.376 e. The third kappa shape index (κ3) is 4.68. The highest BCUT2D eigenvalue weighted by Gasteiger charge is 2.17. The van der Waals surface area contributed by atoms with Gasteiger partial charge in [-0.15, -0.1) is 11.3 Å². The Bertz CT molecular complexity index is 780. The molecule has 0 saturated heterocycles. The van der Waals surface area contributed by atoms with Crippen LogP contribution in [-0.2, 0) is 22.6 Å². The molecule has 1 aromatic heterocycles. The number of halogens is 1. The molecule has 3 rings (SSSR count). The average molecular weight is 423 g/mol. The quantitative estimate of drug-likeness (QED) is 0.772. The second-order valence-electron chi connectivity index (χ2n) is 5.87. The Labute approximate surface area is 158 Å². The Morgan fingerprint density at radius 3 is 2.92 bits per heavy atom. The molecule has 2 heterocycles. The molecule has 132 valence electrons. The zero-order valence-corrected chi connectivity index (χ0v) is 16.3. The molecule has 0 spiro atoms. The van der Waals surface area contributed by atoms with E-state index in [1.807, 2.05) is 31.2 Å². The van der Waals surface area contributed by atoms with Crippen molar-refractivity contribution in [1.82, 2.24) is 5.32 Å². The number of fused-ring (bicyclic) bond motifs is 1. The summed E-state index contributed by atoms with van der Waals surface area (Å²) in [6.45, 7) is 3.53. The van der Waals surface area contributed by atoms with Crippen molar-refractivity contribution in [3.8, 4) is 0 Å². The number of nitrogens with one attached hydrogen (secondary N) is 2. The number of hydrogen-bond donors (Lipinski definition) is 2. The molecule has 25 heavy (non-hydrogen) atoms. The highest BCUT2D eigenvalue weighted by molar-refractivity contribution is 9.10. The second kappa shape index (κ2) is 8.12. The van der Waals surface area contributed by atoms with E-state index in [1.54, 1.807) is 0 Å². The predicted octanol–water partition coefficient (Wildman–Crippen LogP) is 3.65. The summed E-state index contributed by atoms with van der Waals surface area (Å²) in [6, 6.07) is 7.57. The molecule has 0 unspecified atom stereocenters. The SMILES string of the molecule is Cc1cc(Br)ccc1NC(=O)CCNC(=O)c1cc2c(s1)CCOC2. The standard InChI is InChI=1S/C18H19BrN2O3S/c1-11-8-13(19)2-3-14(11)21-17(22)4-6-20-18(23)16-9-12-10-24-7-5-15(12)25-16/h2-3,8-9H,4-7,10H2,1H3,(H,20,23)(H,21,22). The third-order valence-corrected chi connectivity index (χ3v) is 5.68. The van der Waals surface area contributed by atoms with Crippen LogP contribution >= 0.6 is 27.3 Å². The van der Waals surface area contributed by atoms with E-state index in [4.69, 9.17) is 4.74 Å². The van der Waals surface area contributed by atoms with Crippen LogP contribution in [-0.4, -0.2) is 25.0 Å². The van der Waals surface area contributed by atoms with Gasteiger partial charge in [-0.25, -0.2) is 0 Å². The monoisotopic (exact) mass is 422 g/mol. The molecule has 1 aromatic carbocycles. The topological polar surface area (TPSA) is 67.4 Å². The first-order valence-corrected chi connectivity index (χ1v) is 9.67. The fourth-order valence-electron chi connectivity index (χ4n) is 2.62. The minimum atomic E-state index is -0.132. The zero-order valence-electron chi connectivity index (χ0n) is 13.9. The Hall–Kier alpha value is -1.70. The summed E-state index contributed by atoms with van der Waals surface area (Å²) in [6.07, 6.45) is 1.09. The van der Waals surface area contributed by atoms with Gasteiger partial charge in [0.25, 0.3) is 5.91 Å². The van der Waals surface area contributed by atoms with Crippen LogP contribution in [0.15, 0.2) is 28.7 Å². The number of carbonyl (C=O) groups is 2. The van der Waals surface area contributed by atoms with E-state index in [0.717, 1.165) is 27.7 Å². The van der Waals surface area contributed by atoms with Crippen LogP contribution < -0.4 is 10.6 Å². The first-order chi connectivity index (χ1) is 12.0. The van der Waals surface area contributed by atoms with Crippen LogP contribution in [0, 0.1) is 6.92 Å². The van der Waals surface area contributed by atoms with Crippen molar-refractivity contribution in [2.75, 3.05) is 18.5 Å². The maximum Gasteiger partial charge on any atom is 0.261 e. The maximum atomic E-state index is 12.2. The molecule has 1 aliphatic rings. The summed E-state index contributed by atoms with van der Waals surface area (Å²) in [5, 5.41) is 5.68. The summed E-state index contributed by atoms with van der Waals surface area (Å²) in [7, 11) is 0. The number of aryl methyl sites for hydroxylation is 1. The molecule has 1 aliphatic heterocycles. The molecule has 0 bridgehead atoms. The summed E-state index contributed by atoms with van der Waals surface area (Å²) < 4.78 is 6.37. The summed E-state index contributed by atoms with van der Waals surface area (Å²) in [5.74, 6) is -0.253. The van der Waals surface area contributed by atoms with E-state index >= 15 is 0 Å². The number of hydrogen-bond acceptors (Lipinski definition) is 4. The molecule has 0 fully saturated rings. The lowest BCUT2D eigenvalue weighted by molar-refractivity contribution is -0.116. The summed E-state index contributed by atoms with van der Waals surface area (Å²) in [5.41, 5.74) is 2.87. The second-order valence-corrected chi connectivity index (χ2v) is 7.93. The maximum absolute atomic E-state index is 12.2. The molecule has 0 radical (unpaired) electrons.